The first kappa shape index (κ1) is 12.4. The van der Waals surface area contributed by atoms with Crippen LogP contribution in [0.1, 0.15) is 12.5 Å². The minimum Gasteiger partial charge on any atom is -0.328 e. The van der Waals surface area contributed by atoms with Gasteiger partial charge >= 0.3 is 5.51 Å². The molecule has 15 heavy (non-hydrogen) atoms. The van der Waals surface area contributed by atoms with E-state index in [4.69, 9.17) is 5.73 Å². The van der Waals surface area contributed by atoms with Gasteiger partial charge < -0.3 is 5.73 Å². The van der Waals surface area contributed by atoms with Crippen LogP contribution in [0, 0.1) is 0 Å². The van der Waals surface area contributed by atoms with Gasteiger partial charge in [-0.05, 0) is 42.8 Å². The molecular weight excluding hydrogens is 223 g/mol. The fourth-order valence-electron chi connectivity index (χ4n) is 1.20. The lowest BCUT2D eigenvalue weighted by molar-refractivity contribution is -0.0328. The third-order valence-electron chi connectivity index (χ3n) is 1.71. The third kappa shape index (κ3) is 5.09. The van der Waals surface area contributed by atoms with Crippen molar-refractivity contribution < 1.29 is 13.2 Å². The van der Waals surface area contributed by atoms with Crippen molar-refractivity contribution in [3.63, 3.8) is 0 Å². The zero-order chi connectivity index (χ0) is 11.5. The zero-order valence-corrected chi connectivity index (χ0v) is 9.03. The summed E-state index contributed by atoms with van der Waals surface area (Å²) < 4.78 is 36.0. The highest BCUT2D eigenvalue weighted by atomic mass is 32.2. The molecule has 5 heteroatoms. The first-order valence-corrected chi connectivity index (χ1v) is 5.29. The van der Waals surface area contributed by atoms with Gasteiger partial charge in [-0.1, -0.05) is 12.1 Å². The molecule has 1 rings (SSSR count). The lowest BCUT2D eigenvalue weighted by Crippen LogP contribution is -2.17. The van der Waals surface area contributed by atoms with Gasteiger partial charge in [0.05, 0.1) is 0 Å². The molecule has 0 aromatic heterocycles. The van der Waals surface area contributed by atoms with Crippen LogP contribution in [0.5, 0.6) is 0 Å². The molecule has 0 aliphatic carbocycles. The Hall–Kier alpha value is -0.680. The van der Waals surface area contributed by atoms with Gasteiger partial charge in [-0.2, -0.15) is 13.2 Å². The number of nitrogens with two attached hydrogens (primary N) is 1. The summed E-state index contributed by atoms with van der Waals surface area (Å²) in [6.07, 6.45) is 0.678. The maximum Gasteiger partial charge on any atom is 0.446 e. The first-order valence-electron chi connectivity index (χ1n) is 4.47. The zero-order valence-electron chi connectivity index (χ0n) is 8.21. The summed E-state index contributed by atoms with van der Waals surface area (Å²) in [6, 6.07) is 6.31. The average Bonchev–Trinajstić information content (AvgIpc) is 2.05. The van der Waals surface area contributed by atoms with Crippen molar-refractivity contribution >= 4 is 11.8 Å². The Morgan fingerprint density at radius 1 is 1.27 bits per heavy atom. The van der Waals surface area contributed by atoms with E-state index in [1.165, 1.54) is 12.1 Å². The summed E-state index contributed by atoms with van der Waals surface area (Å²) in [5, 5.41) is 0. The molecule has 0 radical (unpaired) electrons. The van der Waals surface area contributed by atoms with Gasteiger partial charge in [0.15, 0.2) is 0 Å². The van der Waals surface area contributed by atoms with Crippen LogP contribution in [0.3, 0.4) is 0 Å². The van der Waals surface area contributed by atoms with Crippen molar-refractivity contribution in [2.24, 2.45) is 5.73 Å². The topological polar surface area (TPSA) is 26.0 Å². The molecule has 0 unspecified atom stereocenters. The van der Waals surface area contributed by atoms with E-state index in [1.807, 2.05) is 6.92 Å². The molecule has 1 nitrogen and oxygen atoms in total. The van der Waals surface area contributed by atoms with Gasteiger partial charge in [0.1, 0.15) is 0 Å². The molecule has 84 valence electrons. The van der Waals surface area contributed by atoms with Crippen LogP contribution in [0.2, 0.25) is 0 Å². The highest BCUT2D eigenvalue weighted by Gasteiger charge is 2.28. The normalized spacial score (nSPS) is 13.9. The van der Waals surface area contributed by atoms with Crippen molar-refractivity contribution in [3.05, 3.63) is 29.8 Å². The van der Waals surface area contributed by atoms with Crippen LogP contribution in [-0.4, -0.2) is 11.6 Å². The number of benzene rings is 1. The van der Waals surface area contributed by atoms with E-state index >= 15 is 0 Å². The fourth-order valence-corrected chi connectivity index (χ4v) is 1.74. The van der Waals surface area contributed by atoms with E-state index in [0.29, 0.717) is 6.42 Å². The minimum absolute atomic E-state index is 0.0196. The third-order valence-corrected chi connectivity index (χ3v) is 2.45. The van der Waals surface area contributed by atoms with Gasteiger partial charge in [0.2, 0.25) is 0 Å². The Morgan fingerprint density at radius 3 is 2.20 bits per heavy atom. The van der Waals surface area contributed by atoms with Crippen LogP contribution < -0.4 is 5.73 Å². The van der Waals surface area contributed by atoms with E-state index < -0.39 is 5.51 Å². The first-order chi connectivity index (χ1) is 6.87. The minimum atomic E-state index is -4.22. The second-order valence-corrected chi connectivity index (χ2v) is 4.51. The molecular formula is C10H12F3NS. The Kier molecular flexibility index (Phi) is 4.04. The Balaban J connectivity index is 2.64. The standard InChI is InChI=1S/C10H12F3NS/c1-7(14)6-8-2-4-9(5-3-8)15-10(11,12)13/h2-5,7H,6,14H2,1H3/t7-/m1/s1. The van der Waals surface area contributed by atoms with E-state index in [2.05, 4.69) is 0 Å². The molecule has 0 bridgehead atoms. The average molecular weight is 235 g/mol. The molecule has 0 saturated carbocycles. The Bertz CT molecular complexity index is 305. The van der Waals surface area contributed by atoms with Crippen molar-refractivity contribution in [2.45, 2.75) is 29.8 Å². The summed E-state index contributed by atoms with van der Waals surface area (Å²) in [7, 11) is 0. The van der Waals surface area contributed by atoms with E-state index in [-0.39, 0.29) is 22.7 Å². The second kappa shape index (κ2) is 4.90. The molecule has 0 aliphatic heterocycles. The number of hydrogen-bond acceptors (Lipinski definition) is 2. The van der Waals surface area contributed by atoms with E-state index in [1.54, 1.807) is 12.1 Å². The fraction of sp³-hybridized carbons (Fsp3) is 0.400. The number of thioether (sulfide) groups is 1. The number of hydrogen-bond donors (Lipinski definition) is 1. The SMILES string of the molecule is C[C@@H](N)Cc1ccc(SC(F)(F)F)cc1. The maximum atomic E-state index is 12.0. The molecule has 0 saturated heterocycles. The predicted octanol–water partition coefficient (Wildman–Crippen LogP) is 3.19. The number of alkyl halides is 3. The summed E-state index contributed by atoms with van der Waals surface area (Å²) in [5.74, 6) is 0. The quantitative estimate of drug-likeness (QED) is 0.814. The Morgan fingerprint density at radius 2 is 1.80 bits per heavy atom. The summed E-state index contributed by atoms with van der Waals surface area (Å²) >= 11 is -0.103. The predicted molar refractivity (Wildman–Crippen MR) is 55.7 cm³/mol. The number of halogens is 3. The van der Waals surface area contributed by atoms with E-state index in [0.717, 1.165) is 5.56 Å². The molecule has 0 amide bonds. The van der Waals surface area contributed by atoms with Crippen LogP contribution in [0.15, 0.2) is 29.2 Å². The molecule has 1 aromatic carbocycles. The monoisotopic (exact) mass is 235 g/mol. The van der Waals surface area contributed by atoms with Gasteiger partial charge in [-0.25, -0.2) is 0 Å². The largest absolute Gasteiger partial charge is 0.446 e. The lowest BCUT2D eigenvalue weighted by atomic mass is 10.1. The summed E-state index contributed by atoms with van der Waals surface area (Å²) in [4.78, 5) is 0.205. The maximum absolute atomic E-state index is 12.0. The number of rotatable bonds is 3. The molecule has 0 heterocycles. The van der Waals surface area contributed by atoms with E-state index in [9.17, 15) is 13.2 Å². The lowest BCUT2D eigenvalue weighted by Gasteiger charge is -2.07. The molecule has 1 aromatic rings. The van der Waals surface area contributed by atoms with Gasteiger partial charge in [0.25, 0.3) is 0 Å². The van der Waals surface area contributed by atoms with Gasteiger partial charge in [0, 0.05) is 10.9 Å². The van der Waals surface area contributed by atoms with Crippen molar-refractivity contribution in [1.82, 2.24) is 0 Å². The van der Waals surface area contributed by atoms with Crippen LogP contribution in [-0.2, 0) is 6.42 Å². The van der Waals surface area contributed by atoms with Crippen LogP contribution in [0.4, 0.5) is 13.2 Å². The molecule has 0 spiro atoms. The van der Waals surface area contributed by atoms with Gasteiger partial charge in [-0.15, -0.1) is 0 Å². The molecule has 2 N–H and O–H groups in total. The molecule has 1 atom stereocenters. The second-order valence-electron chi connectivity index (χ2n) is 3.37. The Labute approximate surface area is 90.9 Å². The smallest absolute Gasteiger partial charge is 0.328 e. The van der Waals surface area contributed by atoms with Gasteiger partial charge in [-0.3, -0.25) is 0 Å². The summed E-state index contributed by atoms with van der Waals surface area (Å²) in [5.41, 5.74) is 2.31. The van der Waals surface area contributed by atoms with Crippen molar-refractivity contribution in [1.29, 1.82) is 0 Å². The van der Waals surface area contributed by atoms with Crippen molar-refractivity contribution in [3.8, 4) is 0 Å². The summed E-state index contributed by atoms with van der Waals surface area (Å²) in [6.45, 7) is 1.86. The van der Waals surface area contributed by atoms with Crippen LogP contribution >= 0.6 is 11.8 Å². The molecule has 0 aliphatic rings. The van der Waals surface area contributed by atoms with Crippen molar-refractivity contribution in [2.75, 3.05) is 0 Å². The highest BCUT2D eigenvalue weighted by Crippen LogP contribution is 2.36. The van der Waals surface area contributed by atoms with Crippen LogP contribution in [0.25, 0.3) is 0 Å². The highest BCUT2D eigenvalue weighted by molar-refractivity contribution is 8.00. The molecule has 0 fully saturated rings.